The molecule has 0 saturated carbocycles. The lowest BCUT2D eigenvalue weighted by molar-refractivity contribution is 0.598. The van der Waals surface area contributed by atoms with E-state index < -0.39 is 0 Å². The molecule has 1 unspecified atom stereocenters. The third kappa shape index (κ3) is 5.23. The highest BCUT2D eigenvalue weighted by molar-refractivity contribution is 6.28. The first-order valence-electron chi connectivity index (χ1n) is 16.9. The number of furan rings is 2. The van der Waals surface area contributed by atoms with Crippen LogP contribution < -0.4 is 0 Å². The van der Waals surface area contributed by atoms with Gasteiger partial charge in [-0.3, -0.25) is 0 Å². The van der Waals surface area contributed by atoms with Gasteiger partial charge in [0.25, 0.3) is 0 Å². The second-order valence-electron chi connectivity index (χ2n) is 12.6. The van der Waals surface area contributed by atoms with E-state index in [2.05, 4.69) is 83.1 Å². The first kappa shape index (κ1) is 28.8. The van der Waals surface area contributed by atoms with Gasteiger partial charge in [0.15, 0.2) is 0 Å². The molecule has 0 amide bonds. The first-order valence-corrected chi connectivity index (χ1v) is 16.9. The summed E-state index contributed by atoms with van der Waals surface area (Å²) in [6, 6.07) is 18.6. The number of unbranched alkanes of at least 4 members (excludes halogenated alkanes) is 6. The van der Waals surface area contributed by atoms with E-state index >= 15 is 0 Å². The van der Waals surface area contributed by atoms with Crippen molar-refractivity contribution in [1.82, 2.24) is 0 Å². The van der Waals surface area contributed by atoms with Gasteiger partial charge in [-0.15, -0.1) is 0 Å². The van der Waals surface area contributed by atoms with Crippen molar-refractivity contribution in [3.8, 4) is 0 Å². The van der Waals surface area contributed by atoms with Gasteiger partial charge >= 0.3 is 0 Å². The zero-order valence-electron chi connectivity index (χ0n) is 26.5. The zero-order chi connectivity index (χ0) is 29.2. The molecule has 0 aliphatic rings. The lowest BCUT2D eigenvalue weighted by atomic mass is 9.91. The zero-order valence-corrected chi connectivity index (χ0v) is 26.5. The van der Waals surface area contributed by atoms with Gasteiger partial charge in [-0.25, -0.2) is 0 Å². The molecule has 0 bridgehead atoms. The Labute approximate surface area is 251 Å². The van der Waals surface area contributed by atoms with Gasteiger partial charge in [0.2, 0.25) is 0 Å². The molecular formula is C40H48O2. The van der Waals surface area contributed by atoms with Crippen LogP contribution in [0.1, 0.15) is 121 Å². The van der Waals surface area contributed by atoms with Crippen molar-refractivity contribution >= 4 is 54.6 Å². The van der Waals surface area contributed by atoms with Crippen LogP contribution >= 0.6 is 0 Å². The van der Waals surface area contributed by atoms with Crippen LogP contribution in [0.25, 0.3) is 54.6 Å². The molecule has 220 valence electrons. The van der Waals surface area contributed by atoms with E-state index in [0.29, 0.717) is 5.92 Å². The second-order valence-corrected chi connectivity index (χ2v) is 12.6. The molecule has 0 spiro atoms. The van der Waals surface area contributed by atoms with Gasteiger partial charge in [0, 0.05) is 21.5 Å². The Morgan fingerprint density at radius 1 is 0.571 bits per heavy atom. The molecule has 0 fully saturated rings. The number of hydrogen-bond acceptors (Lipinski definition) is 2. The molecule has 2 nitrogen and oxygen atoms in total. The molecule has 42 heavy (non-hydrogen) atoms. The van der Waals surface area contributed by atoms with E-state index in [9.17, 15) is 0 Å². The molecule has 0 saturated heterocycles. The van der Waals surface area contributed by atoms with Crippen LogP contribution in [0.4, 0.5) is 0 Å². The van der Waals surface area contributed by atoms with Crippen LogP contribution in [-0.2, 0) is 19.3 Å². The van der Waals surface area contributed by atoms with Crippen LogP contribution in [-0.4, -0.2) is 0 Å². The number of hydrogen-bond donors (Lipinski definition) is 0. The predicted octanol–water partition coefficient (Wildman–Crippen LogP) is 13.0. The topological polar surface area (TPSA) is 26.3 Å². The standard InChI is InChI=1S/C40H48O2/c1-6-10-12-13-15-17-27-18-20-35-33(22-27)37-31-23-29(9-4)40-38(32(31)24-28(8-3)39(37)41-35)34-25-30(19-21-36(34)42-40)26(5)16-14-11-7-2/h18-26H,6-17H2,1-5H3. The summed E-state index contributed by atoms with van der Waals surface area (Å²) >= 11 is 0. The van der Waals surface area contributed by atoms with Crippen LogP contribution in [0.15, 0.2) is 57.4 Å². The highest BCUT2D eigenvalue weighted by Crippen LogP contribution is 2.44. The molecule has 6 aromatic rings. The van der Waals surface area contributed by atoms with Crippen molar-refractivity contribution in [2.24, 2.45) is 0 Å². The van der Waals surface area contributed by atoms with E-state index in [1.807, 2.05) is 0 Å². The van der Waals surface area contributed by atoms with Gasteiger partial charge in [-0.2, -0.15) is 0 Å². The van der Waals surface area contributed by atoms with Crippen LogP contribution in [0.2, 0.25) is 0 Å². The SMILES string of the molecule is CCCCCCCc1ccc2oc3c(CC)cc4c(cc(CC)c5oc6ccc(C(C)CCCCC)cc6c54)c3c2c1. The Balaban J connectivity index is 1.56. The summed E-state index contributed by atoms with van der Waals surface area (Å²) in [5.74, 6) is 0.544. The van der Waals surface area contributed by atoms with Crippen molar-refractivity contribution < 1.29 is 8.83 Å². The largest absolute Gasteiger partial charge is 0.456 e. The minimum absolute atomic E-state index is 0.544. The number of aryl methyl sites for hydroxylation is 3. The molecule has 2 heterocycles. The molecule has 2 heteroatoms. The quantitative estimate of drug-likeness (QED) is 0.131. The average molecular weight is 561 g/mol. The molecule has 1 atom stereocenters. The predicted molar refractivity (Wildman–Crippen MR) is 182 cm³/mol. The highest BCUT2D eigenvalue weighted by atomic mass is 16.3. The van der Waals surface area contributed by atoms with E-state index in [1.54, 1.807) is 0 Å². The molecule has 0 aliphatic heterocycles. The maximum atomic E-state index is 6.64. The summed E-state index contributed by atoms with van der Waals surface area (Å²) in [5, 5.41) is 7.67. The molecule has 0 radical (unpaired) electrons. The van der Waals surface area contributed by atoms with Gasteiger partial charge in [-0.1, -0.05) is 91.7 Å². The summed E-state index contributed by atoms with van der Waals surface area (Å²) in [4.78, 5) is 0. The molecule has 0 aliphatic carbocycles. The number of benzene rings is 4. The smallest absolute Gasteiger partial charge is 0.139 e. The Hall–Kier alpha value is -3.26. The van der Waals surface area contributed by atoms with Crippen molar-refractivity contribution in [1.29, 1.82) is 0 Å². The highest BCUT2D eigenvalue weighted by Gasteiger charge is 2.21. The first-order chi connectivity index (χ1) is 20.6. The lowest BCUT2D eigenvalue weighted by Gasteiger charge is -2.12. The minimum Gasteiger partial charge on any atom is -0.456 e. The van der Waals surface area contributed by atoms with Gasteiger partial charge in [0.1, 0.15) is 22.3 Å². The average Bonchev–Trinajstić information content (AvgIpc) is 3.59. The van der Waals surface area contributed by atoms with Gasteiger partial charge < -0.3 is 8.83 Å². The fourth-order valence-electron chi connectivity index (χ4n) is 7.08. The minimum atomic E-state index is 0.544. The third-order valence-corrected chi connectivity index (χ3v) is 9.65. The monoisotopic (exact) mass is 560 g/mol. The Morgan fingerprint density at radius 2 is 1.14 bits per heavy atom. The summed E-state index contributed by atoms with van der Waals surface area (Å²) < 4.78 is 13.3. The number of fused-ring (bicyclic) bond motifs is 9. The molecular weight excluding hydrogens is 512 g/mol. The second kappa shape index (κ2) is 12.5. The van der Waals surface area contributed by atoms with Crippen molar-refractivity contribution in [3.05, 3.63) is 70.8 Å². The Morgan fingerprint density at radius 3 is 1.76 bits per heavy atom. The Kier molecular flexibility index (Phi) is 8.61. The summed E-state index contributed by atoms with van der Waals surface area (Å²) in [5.41, 5.74) is 9.50. The normalized spacial score (nSPS) is 13.0. The molecule has 4 aromatic carbocycles. The van der Waals surface area contributed by atoms with Crippen LogP contribution in [0.3, 0.4) is 0 Å². The van der Waals surface area contributed by atoms with Gasteiger partial charge in [0.05, 0.1) is 0 Å². The van der Waals surface area contributed by atoms with Crippen molar-refractivity contribution in [2.45, 2.75) is 118 Å². The van der Waals surface area contributed by atoms with Crippen LogP contribution in [0, 0.1) is 0 Å². The third-order valence-electron chi connectivity index (χ3n) is 9.65. The summed E-state index contributed by atoms with van der Waals surface area (Å²) in [7, 11) is 0. The van der Waals surface area contributed by atoms with E-state index in [0.717, 1.165) is 41.6 Å². The van der Waals surface area contributed by atoms with E-state index in [-0.39, 0.29) is 0 Å². The molecule has 2 aromatic heterocycles. The maximum absolute atomic E-state index is 6.64. The van der Waals surface area contributed by atoms with Crippen LogP contribution in [0.5, 0.6) is 0 Å². The van der Waals surface area contributed by atoms with Crippen molar-refractivity contribution in [3.63, 3.8) is 0 Å². The Bertz CT molecular complexity index is 1850. The molecule has 6 rings (SSSR count). The summed E-state index contributed by atoms with van der Waals surface area (Å²) in [6.45, 7) is 11.4. The number of rotatable bonds is 13. The van der Waals surface area contributed by atoms with E-state index in [4.69, 9.17) is 8.83 Å². The molecule has 0 N–H and O–H groups in total. The van der Waals surface area contributed by atoms with Crippen molar-refractivity contribution in [2.75, 3.05) is 0 Å². The fraction of sp³-hybridized carbons (Fsp3) is 0.450. The fourth-order valence-corrected chi connectivity index (χ4v) is 7.08. The van der Waals surface area contributed by atoms with Gasteiger partial charge in [-0.05, 0) is 107 Å². The van der Waals surface area contributed by atoms with E-state index in [1.165, 1.54) is 112 Å². The maximum Gasteiger partial charge on any atom is 0.139 e. The lowest BCUT2D eigenvalue weighted by Crippen LogP contribution is -1.93. The summed E-state index contributed by atoms with van der Waals surface area (Å²) in [6.07, 6.45) is 14.6.